The SMILES string of the molecule is CCCCCCCCCCCCCCCCCC(=O)OC(CNc1nc(NCC(OC(=O)CCCCCCCCCCCCCCCCC)C2CC(C)(C)NC(C)(C)C2)nc(NCC(OC(=O)CCCCCCCCCCCCCCCCC)C2CC(C)(C)NC(C)(C)C2)n1)C1CC(C)(C)NC(C)(C)C1. The number of nitrogens with zero attached hydrogens (tertiary/aromatic N) is 3. The second-order valence-electron chi connectivity index (χ2n) is 37.8. The van der Waals surface area contributed by atoms with Crippen LogP contribution in [0.5, 0.6) is 0 Å². The van der Waals surface area contributed by atoms with Crippen LogP contribution in [0.2, 0.25) is 0 Å². The third-order valence-corrected chi connectivity index (χ3v) is 23.1. The van der Waals surface area contributed by atoms with Crippen LogP contribution in [0, 0.1) is 17.8 Å². The van der Waals surface area contributed by atoms with Gasteiger partial charge in [0.05, 0.1) is 19.6 Å². The molecule has 3 atom stereocenters. The van der Waals surface area contributed by atoms with Crippen LogP contribution < -0.4 is 31.9 Å². The van der Waals surface area contributed by atoms with Gasteiger partial charge in [-0.3, -0.25) is 14.4 Å². The summed E-state index contributed by atoms with van der Waals surface area (Å²) in [4.78, 5) is 57.6. The highest BCUT2D eigenvalue weighted by Gasteiger charge is 2.45. The van der Waals surface area contributed by atoms with E-state index in [9.17, 15) is 14.4 Å². The van der Waals surface area contributed by atoms with Crippen molar-refractivity contribution in [3.8, 4) is 0 Å². The van der Waals surface area contributed by atoms with Crippen molar-refractivity contribution in [1.82, 2.24) is 30.9 Å². The Morgan fingerprint density at radius 2 is 0.438 bits per heavy atom. The number of rotatable bonds is 63. The third kappa shape index (κ3) is 45.6. The van der Waals surface area contributed by atoms with E-state index in [2.05, 4.69) is 136 Å². The normalized spacial score (nSPS) is 18.7. The predicted octanol–water partition coefficient (Wildman–Crippen LogP) is 24.3. The molecule has 3 aliphatic rings. The van der Waals surface area contributed by atoms with E-state index in [0.717, 1.165) is 96.3 Å². The monoisotopic (exact) mass is 1470 g/mol. The van der Waals surface area contributed by atoms with E-state index in [4.69, 9.17) is 29.2 Å². The first-order valence-electron chi connectivity index (χ1n) is 45.1. The molecule has 105 heavy (non-hydrogen) atoms. The van der Waals surface area contributed by atoms with Gasteiger partial charge < -0.3 is 46.1 Å². The maximum absolute atomic E-state index is 14.1. The number of hydrogen-bond acceptors (Lipinski definition) is 15. The molecule has 3 saturated heterocycles. The Hall–Kier alpha value is -3.30. The van der Waals surface area contributed by atoms with Gasteiger partial charge in [-0.05, 0) is 141 Å². The average Bonchev–Trinajstić information content (AvgIpc) is 0.811. The van der Waals surface area contributed by atoms with E-state index < -0.39 is 18.3 Å². The zero-order valence-electron chi connectivity index (χ0n) is 71.6. The standard InChI is InChI=1S/C90H171N9O6/c1-16-19-22-25-28-31-34-37-40-43-46-49-52-55-58-61-79(100)103-76(73-64-85(4,5)97-86(6,7)65-73)70-91-82-94-83(92-71-77(74-66-87(8,9)98-88(10,11)67-74)104-80(101)62-59-56-53-50-47-44-41-38-35-32-29-26-23-20-17-2)96-84(95-82)93-72-78(75-68-89(12,13)99-90(14,15)69-75)105-81(102)63-60-57-54-51-48-45-42-39-36-33-30-27-24-21-18-3/h73-78,97-99H,16-72H2,1-15H3,(H3,91,92,93,94,95,96). The first kappa shape index (κ1) is 94.1. The Bertz CT molecular complexity index is 2100. The van der Waals surface area contributed by atoms with Crippen LogP contribution in [0.4, 0.5) is 17.8 Å². The van der Waals surface area contributed by atoms with Gasteiger partial charge in [-0.1, -0.05) is 290 Å². The number of nitrogens with one attached hydrogen (secondary N) is 6. The molecular weight excluding hydrogens is 1300 g/mol. The second-order valence-corrected chi connectivity index (χ2v) is 37.8. The molecule has 0 aliphatic carbocycles. The maximum Gasteiger partial charge on any atom is 0.306 e. The molecule has 0 spiro atoms. The zero-order chi connectivity index (χ0) is 76.7. The highest BCUT2D eigenvalue weighted by atomic mass is 16.6. The fraction of sp³-hybridized carbons (Fsp3) is 0.933. The Balaban J connectivity index is 1.53. The van der Waals surface area contributed by atoms with Crippen molar-refractivity contribution in [3.63, 3.8) is 0 Å². The lowest BCUT2D eigenvalue weighted by atomic mass is 9.73. The number of esters is 3. The molecule has 3 unspecified atom stereocenters. The summed E-state index contributed by atoms with van der Waals surface area (Å²) in [7, 11) is 0. The molecule has 1 aromatic heterocycles. The number of anilines is 3. The van der Waals surface area contributed by atoms with Crippen LogP contribution >= 0.6 is 0 Å². The fourth-order valence-corrected chi connectivity index (χ4v) is 18.7. The van der Waals surface area contributed by atoms with E-state index in [0.29, 0.717) is 56.7 Å². The third-order valence-electron chi connectivity index (χ3n) is 23.1. The number of carbonyl (C=O) groups is 3. The van der Waals surface area contributed by atoms with Crippen molar-refractivity contribution >= 4 is 35.8 Å². The molecular formula is C90H171N9O6. The number of piperidine rings is 3. The van der Waals surface area contributed by atoms with E-state index >= 15 is 0 Å². The molecule has 4 heterocycles. The fourth-order valence-electron chi connectivity index (χ4n) is 18.7. The molecule has 15 heteroatoms. The second kappa shape index (κ2) is 52.8. The molecule has 0 saturated carbocycles. The van der Waals surface area contributed by atoms with Gasteiger partial charge in [0.15, 0.2) is 0 Å². The van der Waals surface area contributed by atoms with Gasteiger partial charge >= 0.3 is 17.9 Å². The molecule has 3 fully saturated rings. The Labute approximate surface area is 647 Å². The van der Waals surface area contributed by atoms with E-state index in [1.807, 2.05) is 0 Å². The minimum Gasteiger partial charge on any atom is -0.460 e. The lowest BCUT2D eigenvalue weighted by Crippen LogP contribution is -2.60. The number of unbranched alkanes of at least 4 members (excludes halogenated alkanes) is 42. The van der Waals surface area contributed by atoms with Gasteiger partial charge in [-0.15, -0.1) is 0 Å². The van der Waals surface area contributed by atoms with Crippen LogP contribution in [-0.4, -0.2) is 104 Å². The molecule has 15 nitrogen and oxygen atoms in total. The Morgan fingerprint density at radius 3 is 0.600 bits per heavy atom. The van der Waals surface area contributed by atoms with Crippen molar-refractivity contribution in [2.75, 3.05) is 35.6 Å². The topological polar surface area (TPSA) is 190 Å². The minimum absolute atomic E-state index is 0.0670. The number of carbonyl (C=O) groups excluding carboxylic acids is 3. The van der Waals surface area contributed by atoms with Crippen LogP contribution in [0.3, 0.4) is 0 Å². The quantitative estimate of drug-likeness (QED) is 0.0205. The summed E-state index contributed by atoms with van der Waals surface area (Å²) in [6, 6.07) is 0. The first-order valence-corrected chi connectivity index (χ1v) is 45.1. The molecule has 0 radical (unpaired) electrons. The zero-order valence-corrected chi connectivity index (χ0v) is 71.6. The summed E-state index contributed by atoms with van der Waals surface area (Å²) in [6.07, 6.45) is 62.1. The summed E-state index contributed by atoms with van der Waals surface area (Å²) in [6.45, 7) is 34.8. The molecule has 3 aliphatic heterocycles. The van der Waals surface area contributed by atoms with Crippen molar-refractivity contribution in [1.29, 1.82) is 0 Å². The van der Waals surface area contributed by atoms with Crippen LogP contribution in [0.1, 0.15) is 451 Å². The van der Waals surface area contributed by atoms with Crippen LogP contribution in [0.15, 0.2) is 0 Å². The van der Waals surface area contributed by atoms with E-state index in [1.54, 1.807) is 0 Å². The maximum atomic E-state index is 14.1. The lowest BCUT2D eigenvalue weighted by Gasteiger charge is -2.48. The highest BCUT2D eigenvalue weighted by Crippen LogP contribution is 2.40. The average molecular weight is 1480 g/mol. The van der Waals surface area contributed by atoms with Crippen LogP contribution in [-0.2, 0) is 28.6 Å². The number of ether oxygens (including phenoxy) is 3. The highest BCUT2D eigenvalue weighted by molar-refractivity contribution is 5.70. The summed E-state index contributed by atoms with van der Waals surface area (Å²) >= 11 is 0. The lowest BCUT2D eigenvalue weighted by molar-refractivity contribution is -0.154. The van der Waals surface area contributed by atoms with Gasteiger partial charge in [0.25, 0.3) is 0 Å². The summed E-state index contributed by atoms with van der Waals surface area (Å²) < 4.78 is 19.9. The van der Waals surface area contributed by atoms with Gasteiger partial charge in [-0.2, -0.15) is 15.0 Å². The summed E-state index contributed by atoms with van der Waals surface area (Å²) in [5, 5.41) is 22.4. The molecule has 4 rings (SSSR count). The minimum atomic E-state index is -0.445. The molecule has 6 N–H and O–H groups in total. The molecule has 612 valence electrons. The van der Waals surface area contributed by atoms with Crippen molar-refractivity contribution < 1.29 is 28.6 Å². The van der Waals surface area contributed by atoms with E-state index in [-0.39, 0.29) is 68.9 Å². The number of aromatic nitrogens is 3. The summed E-state index contributed by atoms with van der Waals surface area (Å²) in [5.74, 6) is 0.750. The van der Waals surface area contributed by atoms with E-state index in [1.165, 1.54) is 231 Å². The molecule has 1 aromatic rings. The molecule has 0 amide bonds. The summed E-state index contributed by atoms with van der Waals surface area (Å²) in [5.41, 5.74) is -1.07. The Kier molecular flexibility index (Phi) is 47.3. The van der Waals surface area contributed by atoms with Crippen molar-refractivity contribution in [3.05, 3.63) is 0 Å². The van der Waals surface area contributed by atoms with Gasteiger partial charge in [0.2, 0.25) is 17.8 Å². The van der Waals surface area contributed by atoms with Gasteiger partial charge in [0.1, 0.15) is 18.3 Å². The largest absolute Gasteiger partial charge is 0.460 e. The molecule has 0 bridgehead atoms. The number of hydrogen-bond donors (Lipinski definition) is 6. The predicted molar refractivity (Wildman–Crippen MR) is 446 cm³/mol. The van der Waals surface area contributed by atoms with Crippen molar-refractivity contribution in [2.45, 2.75) is 502 Å². The Morgan fingerprint density at radius 1 is 0.286 bits per heavy atom. The van der Waals surface area contributed by atoms with Crippen molar-refractivity contribution in [2.24, 2.45) is 17.8 Å². The first-order chi connectivity index (χ1) is 50.1. The van der Waals surface area contributed by atoms with Gasteiger partial charge in [-0.25, -0.2) is 0 Å². The van der Waals surface area contributed by atoms with Crippen LogP contribution in [0.25, 0.3) is 0 Å². The smallest absolute Gasteiger partial charge is 0.306 e. The molecule has 0 aromatic carbocycles. The van der Waals surface area contributed by atoms with Gasteiger partial charge in [0, 0.05) is 70.2 Å².